The fourth-order valence-corrected chi connectivity index (χ4v) is 1.84. The number of rotatable bonds is 10. The van der Waals surface area contributed by atoms with Crippen molar-refractivity contribution < 1.29 is 19.1 Å². The Balaban J connectivity index is 2.52. The van der Waals surface area contributed by atoms with Gasteiger partial charge in [-0.2, -0.15) is 5.10 Å². The summed E-state index contributed by atoms with van der Waals surface area (Å²) in [6.07, 6.45) is 2.14. The normalized spacial score (nSPS) is 10.8. The van der Waals surface area contributed by atoms with Crippen molar-refractivity contribution in [2.45, 2.75) is 33.6 Å². The van der Waals surface area contributed by atoms with Crippen LogP contribution < -0.4 is 20.2 Å². The Hall–Kier alpha value is -2.57. The van der Waals surface area contributed by atoms with Gasteiger partial charge < -0.3 is 14.8 Å². The lowest BCUT2D eigenvalue weighted by atomic mass is 10.2. The van der Waals surface area contributed by atoms with Gasteiger partial charge in [-0.15, -0.1) is 0 Å². The third-order valence-corrected chi connectivity index (χ3v) is 3.08. The van der Waals surface area contributed by atoms with E-state index in [9.17, 15) is 9.59 Å². The van der Waals surface area contributed by atoms with Crippen LogP contribution >= 0.6 is 0 Å². The molecule has 2 amide bonds. The average Bonchev–Trinajstić information content (AvgIpc) is 2.58. The van der Waals surface area contributed by atoms with Crippen molar-refractivity contribution in [2.24, 2.45) is 11.0 Å². The Labute approximate surface area is 148 Å². The monoisotopic (exact) mass is 349 g/mol. The van der Waals surface area contributed by atoms with E-state index in [1.165, 1.54) is 6.21 Å². The van der Waals surface area contributed by atoms with Crippen LogP contribution in [0.15, 0.2) is 23.3 Å². The molecule has 2 N–H and O–H groups in total. The highest BCUT2D eigenvalue weighted by Gasteiger charge is 2.09. The summed E-state index contributed by atoms with van der Waals surface area (Å²) in [6.45, 7) is 7.15. The number of hydrogen-bond donors (Lipinski definition) is 2. The third kappa shape index (κ3) is 8.19. The lowest BCUT2D eigenvalue weighted by Gasteiger charge is -2.10. The van der Waals surface area contributed by atoms with Crippen LogP contribution in [-0.4, -0.2) is 38.3 Å². The molecule has 0 saturated heterocycles. The Morgan fingerprint density at radius 3 is 2.64 bits per heavy atom. The van der Waals surface area contributed by atoms with E-state index in [0.717, 1.165) is 12.0 Å². The maximum absolute atomic E-state index is 11.7. The Morgan fingerprint density at radius 1 is 1.24 bits per heavy atom. The minimum atomic E-state index is -0.465. The second kappa shape index (κ2) is 11.1. The predicted octanol–water partition coefficient (Wildman–Crippen LogP) is 2.10. The molecule has 0 aromatic heterocycles. The summed E-state index contributed by atoms with van der Waals surface area (Å²) in [5.74, 6) is 0.807. The molecule has 7 nitrogen and oxygen atoms in total. The lowest BCUT2D eigenvalue weighted by molar-refractivity contribution is -0.129. The maximum Gasteiger partial charge on any atom is 0.249 e. The molecule has 138 valence electrons. The summed E-state index contributed by atoms with van der Waals surface area (Å²) in [5.41, 5.74) is 3.07. The molecule has 0 spiro atoms. The highest BCUT2D eigenvalue weighted by atomic mass is 16.5. The van der Waals surface area contributed by atoms with Crippen molar-refractivity contribution in [3.8, 4) is 11.5 Å². The molecule has 0 aliphatic carbocycles. The first-order chi connectivity index (χ1) is 12.0. The van der Waals surface area contributed by atoms with E-state index in [-0.39, 0.29) is 12.3 Å². The van der Waals surface area contributed by atoms with Gasteiger partial charge in [0.15, 0.2) is 11.5 Å². The number of nitrogens with zero attached hydrogens (tertiary/aromatic N) is 1. The molecule has 1 aromatic rings. The van der Waals surface area contributed by atoms with Crippen molar-refractivity contribution in [3.63, 3.8) is 0 Å². The number of nitrogens with one attached hydrogen (secondary N) is 2. The Bertz CT molecular complexity index is 600. The van der Waals surface area contributed by atoms with Crippen LogP contribution in [0.3, 0.4) is 0 Å². The minimum Gasteiger partial charge on any atom is -0.493 e. The molecule has 7 heteroatoms. The molecule has 0 fully saturated rings. The smallest absolute Gasteiger partial charge is 0.249 e. The quantitative estimate of drug-likeness (QED) is 0.385. The summed E-state index contributed by atoms with van der Waals surface area (Å²) in [7, 11) is 1.56. The van der Waals surface area contributed by atoms with Gasteiger partial charge in [-0.1, -0.05) is 20.8 Å². The van der Waals surface area contributed by atoms with Gasteiger partial charge in [0.2, 0.25) is 11.8 Å². The fourth-order valence-electron chi connectivity index (χ4n) is 1.84. The summed E-state index contributed by atoms with van der Waals surface area (Å²) in [6, 6.07) is 5.35. The first kappa shape index (κ1) is 20.5. The summed E-state index contributed by atoms with van der Waals surface area (Å²) in [5, 5.41) is 6.53. The van der Waals surface area contributed by atoms with Crippen LogP contribution in [-0.2, 0) is 9.59 Å². The van der Waals surface area contributed by atoms with E-state index in [1.807, 2.05) is 20.8 Å². The zero-order valence-electron chi connectivity index (χ0n) is 15.3. The zero-order chi connectivity index (χ0) is 18.7. The van der Waals surface area contributed by atoms with Gasteiger partial charge >= 0.3 is 0 Å². The van der Waals surface area contributed by atoms with Gasteiger partial charge in [-0.05, 0) is 36.1 Å². The summed E-state index contributed by atoms with van der Waals surface area (Å²) >= 11 is 0. The van der Waals surface area contributed by atoms with Gasteiger partial charge in [-0.25, -0.2) is 5.43 Å². The molecule has 1 rings (SSSR count). The number of ether oxygens (including phenoxy) is 2. The molecule has 25 heavy (non-hydrogen) atoms. The van der Waals surface area contributed by atoms with Crippen molar-refractivity contribution in [1.29, 1.82) is 0 Å². The SMILES string of the molecule is CCCOc1ccc(/C=N/NC(=O)CC(=O)NCC(C)C)cc1OC. The molecule has 0 saturated carbocycles. The number of benzene rings is 1. The standard InChI is InChI=1S/C18H27N3O4/c1-5-8-25-15-7-6-14(9-16(15)24-4)12-20-21-18(23)10-17(22)19-11-13(2)3/h6-7,9,12-13H,5,8,10-11H2,1-4H3,(H,19,22)(H,21,23)/b20-12+. The van der Waals surface area contributed by atoms with Crippen LogP contribution in [0.1, 0.15) is 39.2 Å². The predicted molar refractivity (Wildman–Crippen MR) is 97.0 cm³/mol. The topological polar surface area (TPSA) is 89.0 Å². The van der Waals surface area contributed by atoms with Gasteiger partial charge in [0.05, 0.1) is 19.9 Å². The average molecular weight is 349 g/mol. The van der Waals surface area contributed by atoms with Gasteiger partial charge in [0, 0.05) is 6.54 Å². The summed E-state index contributed by atoms with van der Waals surface area (Å²) in [4.78, 5) is 23.2. The number of amides is 2. The molecule has 0 atom stereocenters. The van der Waals surface area contributed by atoms with E-state index in [1.54, 1.807) is 25.3 Å². The van der Waals surface area contributed by atoms with Crippen molar-refractivity contribution >= 4 is 18.0 Å². The molecule has 0 heterocycles. The van der Waals surface area contributed by atoms with Crippen molar-refractivity contribution in [3.05, 3.63) is 23.8 Å². The van der Waals surface area contributed by atoms with E-state index < -0.39 is 5.91 Å². The first-order valence-corrected chi connectivity index (χ1v) is 8.35. The van der Waals surface area contributed by atoms with E-state index >= 15 is 0 Å². The van der Waals surface area contributed by atoms with Crippen LogP contribution in [0.2, 0.25) is 0 Å². The molecular weight excluding hydrogens is 322 g/mol. The number of methoxy groups -OCH3 is 1. The molecule has 0 unspecified atom stereocenters. The van der Waals surface area contributed by atoms with E-state index in [2.05, 4.69) is 15.8 Å². The maximum atomic E-state index is 11.7. The zero-order valence-corrected chi connectivity index (χ0v) is 15.3. The molecule has 0 radical (unpaired) electrons. The van der Waals surface area contributed by atoms with Crippen LogP contribution in [0.4, 0.5) is 0 Å². The van der Waals surface area contributed by atoms with Crippen LogP contribution in [0.5, 0.6) is 11.5 Å². The highest BCUT2D eigenvalue weighted by Crippen LogP contribution is 2.27. The molecular formula is C18H27N3O4. The Morgan fingerprint density at radius 2 is 2.00 bits per heavy atom. The number of hydrazone groups is 1. The molecule has 0 aliphatic heterocycles. The fraction of sp³-hybridized carbons (Fsp3) is 0.500. The van der Waals surface area contributed by atoms with Crippen molar-refractivity contribution in [1.82, 2.24) is 10.7 Å². The summed E-state index contributed by atoms with van der Waals surface area (Å²) < 4.78 is 10.9. The van der Waals surface area contributed by atoms with Gasteiger partial charge in [-0.3, -0.25) is 9.59 Å². The largest absolute Gasteiger partial charge is 0.493 e. The Kier molecular flexibility index (Phi) is 9.06. The van der Waals surface area contributed by atoms with Crippen molar-refractivity contribution in [2.75, 3.05) is 20.3 Å². The minimum absolute atomic E-state index is 0.253. The van der Waals surface area contributed by atoms with E-state index in [0.29, 0.717) is 30.6 Å². The lowest BCUT2D eigenvalue weighted by Crippen LogP contribution is -2.32. The van der Waals surface area contributed by atoms with E-state index in [4.69, 9.17) is 9.47 Å². The van der Waals surface area contributed by atoms with Crippen LogP contribution in [0, 0.1) is 5.92 Å². The van der Waals surface area contributed by atoms with Gasteiger partial charge in [0.1, 0.15) is 6.42 Å². The second-order valence-electron chi connectivity index (χ2n) is 5.93. The second-order valence-corrected chi connectivity index (χ2v) is 5.93. The van der Waals surface area contributed by atoms with Gasteiger partial charge in [0.25, 0.3) is 0 Å². The third-order valence-electron chi connectivity index (χ3n) is 3.08. The first-order valence-electron chi connectivity index (χ1n) is 8.35. The van der Waals surface area contributed by atoms with Crippen LogP contribution in [0.25, 0.3) is 0 Å². The molecule has 0 bridgehead atoms. The number of carbonyl (C=O) groups excluding carboxylic acids is 2. The highest BCUT2D eigenvalue weighted by molar-refractivity contribution is 5.97. The molecule has 1 aromatic carbocycles. The number of carbonyl (C=O) groups is 2. The number of hydrogen-bond acceptors (Lipinski definition) is 5. The molecule has 0 aliphatic rings.